The highest BCUT2D eigenvalue weighted by atomic mass is 16.7. The van der Waals surface area contributed by atoms with Crippen molar-refractivity contribution in [2.75, 3.05) is 38.4 Å². The Labute approximate surface area is 181 Å². The van der Waals surface area contributed by atoms with Crippen LogP contribution in [0.5, 0.6) is 17.2 Å². The zero-order valence-electron chi connectivity index (χ0n) is 17.8. The average molecular weight is 426 g/mol. The number of hydrogen-bond donors (Lipinski definition) is 2. The molecule has 1 aliphatic rings. The standard InChI is InChI=1S/C22H26N4O5/c1-4-26(5-2)17-8-6-16(19(11-17)29-3)12-24-25-21(27)13-23-22(28)15-7-9-18-20(10-15)31-14-30-18/h6-12H,4-5,13-14H2,1-3H3,(H,23,28)(H,25,27). The van der Waals surface area contributed by atoms with Crippen LogP contribution in [0.3, 0.4) is 0 Å². The third kappa shape index (κ3) is 5.44. The fourth-order valence-electron chi connectivity index (χ4n) is 3.11. The number of ether oxygens (including phenoxy) is 3. The number of anilines is 1. The monoisotopic (exact) mass is 426 g/mol. The lowest BCUT2D eigenvalue weighted by molar-refractivity contribution is -0.120. The van der Waals surface area contributed by atoms with Gasteiger partial charge in [0.15, 0.2) is 11.5 Å². The maximum atomic E-state index is 12.2. The molecule has 9 nitrogen and oxygen atoms in total. The molecule has 0 saturated carbocycles. The first-order valence-corrected chi connectivity index (χ1v) is 9.98. The summed E-state index contributed by atoms with van der Waals surface area (Å²) in [6, 6.07) is 10.6. The summed E-state index contributed by atoms with van der Waals surface area (Å²) in [5, 5.41) is 6.50. The Balaban J connectivity index is 1.52. The predicted octanol–water partition coefficient (Wildman–Crippen LogP) is 2.15. The van der Waals surface area contributed by atoms with E-state index in [0.29, 0.717) is 22.8 Å². The van der Waals surface area contributed by atoms with E-state index < -0.39 is 11.8 Å². The van der Waals surface area contributed by atoms with E-state index in [1.807, 2.05) is 18.2 Å². The molecule has 2 N–H and O–H groups in total. The Morgan fingerprint density at radius 2 is 1.90 bits per heavy atom. The van der Waals surface area contributed by atoms with Gasteiger partial charge in [-0.05, 0) is 44.2 Å². The molecule has 0 aliphatic carbocycles. The van der Waals surface area contributed by atoms with Crippen molar-refractivity contribution < 1.29 is 23.8 Å². The van der Waals surface area contributed by atoms with Gasteiger partial charge in [-0.1, -0.05) is 0 Å². The molecule has 0 atom stereocenters. The molecular weight excluding hydrogens is 400 g/mol. The molecule has 0 spiro atoms. The molecule has 0 unspecified atom stereocenters. The smallest absolute Gasteiger partial charge is 0.259 e. The minimum absolute atomic E-state index is 0.129. The third-order valence-electron chi connectivity index (χ3n) is 4.78. The minimum Gasteiger partial charge on any atom is -0.496 e. The van der Waals surface area contributed by atoms with Crippen molar-refractivity contribution in [3.05, 3.63) is 47.5 Å². The quantitative estimate of drug-likeness (QED) is 0.471. The van der Waals surface area contributed by atoms with E-state index in [2.05, 4.69) is 34.6 Å². The van der Waals surface area contributed by atoms with Crippen molar-refractivity contribution in [2.24, 2.45) is 5.10 Å². The maximum Gasteiger partial charge on any atom is 0.259 e. The van der Waals surface area contributed by atoms with Gasteiger partial charge in [0.2, 0.25) is 6.79 Å². The Morgan fingerprint density at radius 1 is 1.13 bits per heavy atom. The highest BCUT2D eigenvalue weighted by molar-refractivity contribution is 5.97. The summed E-state index contributed by atoms with van der Waals surface area (Å²) in [4.78, 5) is 26.4. The number of nitrogens with zero attached hydrogens (tertiary/aromatic N) is 2. The summed E-state index contributed by atoms with van der Waals surface area (Å²) in [5.74, 6) is 0.889. The molecule has 0 radical (unpaired) electrons. The molecule has 3 rings (SSSR count). The van der Waals surface area contributed by atoms with Gasteiger partial charge in [0.25, 0.3) is 11.8 Å². The number of nitrogens with one attached hydrogen (secondary N) is 2. The van der Waals surface area contributed by atoms with Gasteiger partial charge in [0, 0.05) is 36.0 Å². The number of amides is 2. The molecule has 0 fully saturated rings. The zero-order chi connectivity index (χ0) is 22.2. The number of methoxy groups -OCH3 is 1. The Kier molecular flexibility index (Phi) is 7.31. The summed E-state index contributed by atoms with van der Waals surface area (Å²) in [6.45, 7) is 5.87. The lowest BCUT2D eigenvalue weighted by Crippen LogP contribution is -2.34. The van der Waals surface area contributed by atoms with Crippen LogP contribution >= 0.6 is 0 Å². The van der Waals surface area contributed by atoms with Crippen LogP contribution in [-0.4, -0.2) is 51.6 Å². The molecule has 2 aromatic carbocycles. The third-order valence-corrected chi connectivity index (χ3v) is 4.78. The lowest BCUT2D eigenvalue weighted by atomic mass is 10.2. The van der Waals surface area contributed by atoms with E-state index in [9.17, 15) is 9.59 Å². The van der Waals surface area contributed by atoms with E-state index in [0.717, 1.165) is 24.3 Å². The Morgan fingerprint density at radius 3 is 2.65 bits per heavy atom. The molecule has 31 heavy (non-hydrogen) atoms. The van der Waals surface area contributed by atoms with Crippen LogP contribution in [0.15, 0.2) is 41.5 Å². The summed E-state index contributed by atoms with van der Waals surface area (Å²) in [5.41, 5.74) is 4.54. The normalized spacial score (nSPS) is 12.0. The molecule has 0 aromatic heterocycles. The summed E-state index contributed by atoms with van der Waals surface area (Å²) >= 11 is 0. The molecule has 1 aliphatic heterocycles. The molecular formula is C22H26N4O5. The molecule has 9 heteroatoms. The molecule has 0 saturated heterocycles. The molecule has 0 bridgehead atoms. The number of hydrogen-bond acceptors (Lipinski definition) is 7. The van der Waals surface area contributed by atoms with Gasteiger partial charge in [-0.2, -0.15) is 5.10 Å². The largest absolute Gasteiger partial charge is 0.496 e. The molecule has 2 amide bonds. The first kappa shape index (κ1) is 21.9. The van der Waals surface area contributed by atoms with Crippen LogP contribution in [-0.2, 0) is 4.79 Å². The van der Waals surface area contributed by atoms with Crippen molar-refractivity contribution in [3.8, 4) is 17.2 Å². The van der Waals surface area contributed by atoms with Gasteiger partial charge in [-0.3, -0.25) is 9.59 Å². The van der Waals surface area contributed by atoms with Gasteiger partial charge in [-0.15, -0.1) is 0 Å². The van der Waals surface area contributed by atoms with E-state index in [1.165, 1.54) is 6.21 Å². The van der Waals surface area contributed by atoms with Crippen LogP contribution in [0.25, 0.3) is 0 Å². The second kappa shape index (κ2) is 10.3. The van der Waals surface area contributed by atoms with E-state index in [1.54, 1.807) is 25.3 Å². The number of carbonyl (C=O) groups is 2. The van der Waals surface area contributed by atoms with Crippen LogP contribution in [0, 0.1) is 0 Å². The van der Waals surface area contributed by atoms with Gasteiger partial charge < -0.3 is 24.4 Å². The first-order valence-electron chi connectivity index (χ1n) is 9.98. The van der Waals surface area contributed by atoms with Crippen LogP contribution in [0.4, 0.5) is 5.69 Å². The molecule has 164 valence electrons. The van der Waals surface area contributed by atoms with E-state index >= 15 is 0 Å². The highest BCUT2D eigenvalue weighted by Crippen LogP contribution is 2.32. The number of rotatable bonds is 9. The second-order valence-corrected chi connectivity index (χ2v) is 6.64. The molecule has 2 aromatic rings. The van der Waals surface area contributed by atoms with Crippen molar-refractivity contribution in [2.45, 2.75) is 13.8 Å². The van der Waals surface area contributed by atoms with Crippen molar-refractivity contribution in [1.29, 1.82) is 0 Å². The van der Waals surface area contributed by atoms with Crippen molar-refractivity contribution in [3.63, 3.8) is 0 Å². The fourth-order valence-corrected chi connectivity index (χ4v) is 3.11. The first-order chi connectivity index (χ1) is 15.0. The van der Waals surface area contributed by atoms with Crippen LogP contribution < -0.4 is 29.9 Å². The lowest BCUT2D eigenvalue weighted by Gasteiger charge is -2.21. The van der Waals surface area contributed by atoms with Crippen molar-refractivity contribution in [1.82, 2.24) is 10.7 Å². The molecule has 1 heterocycles. The van der Waals surface area contributed by atoms with Crippen molar-refractivity contribution >= 4 is 23.7 Å². The van der Waals surface area contributed by atoms with Gasteiger partial charge in [0.05, 0.1) is 19.9 Å². The number of fused-ring (bicyclic) bond motifs is 1. The van der Waals surface area contributed by atoms with Gasteiger partial charge in [0.1, 0.15) is 5.75 Å². The zero-order valence-corrected chi connectivity index (χ0v) is 17.8. The Bertz CT molecular complexity index is 972. The topological polar surface area (TPSA) is 101 Å². The SMILES string of the molecule is CCN(CC)c1ccc(C=NNC(=O)CNC(=O)c2ccc3c(c2)OCO3)c(OC)c1. The van der Waals surface area contributed by atoms with E-state index in [4.69, 9.17) is 14.2 Å². The number of benzene rings is 2. The van der Waals surface area contributed by atoms with Crippen LogP contribution in [0.2, 0.25) is 0 Å². The average Bonchev–Trinajstić information content (AvgIpc) is 3.26. The highest BCUT2D eigenvalue weighted by Gasteiger charge is 2.16. The number of carbonyl (C=O) groups excluding carboxylic acids is 2. The Hall–Kier alpha value is -3.75. The fraction of sp³-hybridized carbons (Fsp3) is 0.318. The van der Waals surface area contributed by atoms with E-state index in [-0.39, 0.29) is 13.3 Å². The summed E-state index contributed by atoms with van der Waals surface area (Å²) in [7, 11) is 1.59. The number of hydrazone groups is 1. The second-order valence-electron chi connectivity index (χ2n) is 6.64. The minimum atomic E-state index is -0.455. The van der Waals surface area contributed by atoms with Gasteiger partial charge >= 0.3 is 0 Å². The maximum absolute atomic E-state index is 12.2. The van der Waals surface area contributed by atoms with Crippen LogP contribution in [0.1, 0.15) is 29.8 Å². The van der Waals surface area contributed by atoms with Gasteiger partial charge in [-0.25, -0.2) is 5.43 Å². The summed E-state index contributed by atoms with van der Waals surface area (Å²) in [6.07, 6.45) is 1.50. The predicted molar refractivity (Wildman–Crippen MR) is 117 cm³/mol. The summed E-state index contributed by atoms with van der Waals surface area (Å²) < 4.78 is 15.9.